The average Bonchev–Trinajstić information content (AvgIpc) is 3.34. The van der Waals surface area contributed by atoms with E-state index >= 15 is 0 Å². The molecule has 34 heavy (non-hydrogen) atoms. The fourth-order valence-electron chi connectivity index (χ4n) is 4.78. The third kappa shape index (κ3) is 3.90. The second-order valence-corrected chi connectivity index (χ2v) is 9.33. The number of hydrogen-bond acceptors (Lipinski definition) is 5. The minimum Gasteiger partial charge on any atom is -0.426 e. The lowest BCUT2D eigenvalue weighted by molar-refractivity contribution is -0.139. The van der Waals surface area contributed by atoms with Crippen LogP contribution < -0.4 is 14.5 Å². The molecule has 2 aliphatic heterocycles. The van der Waals surface area contributed by atoms with Gasteiger partial charge in [-0.25, -0.2) is 0 Å². The lowest BCUT2D eigenvalue weighted by atomic mass is 9.85. The van der Waals surface area contributed by atoms with Crippen LogP contribution in [0.3, 0.4) is 0 Å². The number of halogens is 1. The van der Waals surface area contributed by atoms with Crippen LogP contribution >= 0.6 is 11.6 Å². The Labute approximate surface area is 201 Å². The smallest absolute Gasteiger partial charge is 0.316 e. The quantitative estimate of drug-likeness (QED) is 0.286. The number of carbonyl (C=O) groups is 4. The standard InChI is InChI=1S/C26H23ClN2O5/c1-15-6-7-18(13-22(15)27)28-14-16(12-23(28)30)26(33)34-19-10-8-17(9-11-19)29-24(31)20-4-2-3-5-21(20)25(29)32/h2-3,6-11,13,16,20-21H,4-5,12,14H2,1H3/t16-,20-,21+/m0/s1. The number of carbonyl (C=O) groups excluding carboxylic acids is 4. The first kappa shape index (κ1) is 22.3. The zero-order valence-electron chi connectivity index (χ0n) is 18.6. The molecule has 0 bridgehead atoms. The Morgan fingerprint density at radius 1 is 0.941 bits per heavy atom. The first-order chi connectivity index (χ1) is 16.3. The van der Waals surface area contributed by atoms with Crippen molar-refractivity contribution in [2.45, 2.75) is 26.2 Å². The SMILES string of the molecule is Cc1ccc(N2C[C@@H](C(=O)Oc3ccc(N4C(=O)[C@H]5CC=CC[C@H]5C4=O)cc3)CC2=O)cc1Cl. The molecule has 2 aromatic rings. The molecule has 5 rings (SSSR count). The van der Waals surface area contributed by atoms with Gasteiger partial charge in [-0.1, -0.05) is 29.8 Å². The summed E-state index contributed by atoms with van der Waals surface area (Å²) >= 11 is 6.18. The van der Waals surface area contributed by atoms with E-state index in [9.17, 15) is 19.2 Å². The lowest BCUT2D eigenvalue weighted by Gasteiger charge is -2.17. The molecule has 3 atom stereocenters. The van der Waals surface area contributed by atoms with E-state index in [0.29, 0.717) is 29.2 Å². The predicted octanol–water partition coefficient (Wildman–Crippen LogP) is 4.06. The summed E-state index contributed by atoms with van der Waals surface area (Å²) in [6, 6.07) is 11.7. The Bertz CT molecular complexity index is 1200. The van der Waals surface area contributed by atoms with E-state index in [-0.39, 0.29) is 48.3 Å². The van der Waals surface area contributed by atoms with Gasteiger partial charge in [0.05, 0.1) is 23.4 Å². The van der Waals surface area contributed by atoms with Gasteiger partial charge in [0.25, 0.3) is 0 Å². The van der Waals surface area contributed by atoms with Crippen molar-refractivity contribution < 1.29 is 23.9 Å². The topological polar surface area (TPSA) is 84.0 Å². The molecule has 0 saturated carbocycles. The van der Waals surface area contributed by atoms with Crippen LogP contribution in [0.25, 0.3) is 0 Å². The van der Waals surface area contributed by atoms with Gasteiger partial charge in [0, 0.05) is 23.7 Å². The number of aryl methyl sites for hydroxylation is 1. The first-order valence-corrected chi connectivity index (χ1v) is 11.6. The highest BCUT2D eigenvalue weighted by atomic mass is 35.5. The Kier molecular flexibility index (Phi) is 5.73. The summed E-state index contributed by atoms with van der Waals surface area (Å²) in [7, 11) is 0. The van der Waals surface area contributed by atoms with Crippen molar-refractivity contribution >= 4 is 46.7 Å². The van der Waals surface area contributed by atoms with Gasteiger partial charge >= 0.3 is 5.97 Å². The highest BCUT2D eigenvalue weighted by Gasteiger charge is 2.47. The number of imide groups is 1. The van der Waals surface area contributed by atoms with Crippen LogP contribution in [0.1, 0.15) is 24.8 Å². The normalized spacial score (nSPS) is 24.1. The highest BCUT2D eigenvalue weighted by Crippen LogP contribution is 2.38. The van der Waals surface area contributed by atoms with Gasteiger partial charge in [0.15, 0.2) is 0 Å². The van der Waals surface area contributed by atoms with Crippen molar-refractivity contribution in [3.8, 4) is 5.75 Å². The summed E-state index contributed by atoms with van der Waals surface area (Å²) in [6.45, 7) is 2.09. The molecule has 2 fully saturated rings. The minimum atomic E-state index is -0.607. The second-order valence-electron chi connectivity index (χ2n) is 8.92. The minimum absolute atomic E-state index is 0.0516. The molecule has 7 nitrogen and oxygen atoms in total. The number of esters is 1. The first-order valence-electron chi connectivity index (χ1n) is 11.2. The van der Waals surface area contributed by atoms with Crippen molar-refractivity contribution in [1.29, 1.82) is 0 Å². The molecular formula is C26H23ClN2O5. The number of allylic oxidation sites excluding steroid dienone is 2. The summed E-state index contributed by atoms with van der Waals surface area (Å²) in [4.78, 5) is 53.5. The van der Waals surface area contributed by atoms with Crippen molar-refractivity contribution in [2.75, 3.05) is 16.3 Å². The summed E-state index contributed by atoms with van der Waals surface area (Å²) in [5.74, 6) is -1.98. The molecule has 0 aromatic heterocycles. The molecule has 0 spiro atoms. The molecule has 2 saturated heterocycles. The van der Waals surface area contributed by atoms with E-state index in [0.717, 1.165) is 5.56 Å². The summed E-state index contributed by atoms with van der Waals surface area (Å²) in [5.41, 5.74) is 2.02. The molecule has 0 unspecified atom stereocenters. The number of benzene rings is 2. The van der Waals surface area contributed by atoms with Gasteiger partial charge in [-0.3, -0.25) is 24.1 Å². The van der Waals surface area contributed by atoms with Gasteiger partial charge < -0.3 is 9.64 Å². The van der Waals surface area contributed by atoms with E-state index in [1.54, 1.807) is 41.3 Å². The Morgan fingerprint density at radius 2 is 1.56 bits per heavy atom. The third-order valence-electron chi connectivity index (χ3n) is 6.75. The number of hydrogen-bond donors (Lipinski definition) is 0. The number of amides is 3. The predicted molar refractivity (Wildman–Crippen MR) is 127 cm³/mol. The van der Waals surface area contributed by atoms with Crippen molar-refractivity contribution in [3.63, 3.8) is 0 Å². The molecule has 1 aliphatic carbocycles. The van der Waals surface area contributed by atoms with Crippen LogP contribution in [0.15, 0.2) is 54.6 Å². The Balaban J connectivity index is 1.24. The number of nitrogens with zero attached hydrogens (tertiary/aromatic N) is 2. The molecule has 3 amide bonds. The Hall–Kier alpha value is -3.45. The number of fused-ring (bicyclic) bond motifs is 1. The van der Waals surface area contributed by atoms with E-state index in [1.807, 2.05) is 25.1 Å². The molecule has 3 aliphatic rings. The van der Waals surface area contributed by atoms with Crippen molar-refractivity contribution in [2.24, 2.45) is 17.8 Å². The molecule has 174 valence electrons. The van der Waals surface area contributed by atoms with E-state index in [4.69, 9.17) is 16.3 Å². The molecule has 8 heteroatoms. The number of anilines is 2. The zero-order valence-corrected chi connectivity index (χ0v) is 19.3. The third-order valence-corrected chi connectivity index (χ3v) is 7.15. The van der Waals surface area contributed by atoms with Crippen LogP contribution in [0, 0.1) is 24.7 Å². The van der Waals surface area contributed by atoms with Crippen LogP contribution in [0.4, 0.5) is 11.4 Å². The molecule has 2 heterocycles. The maximum Gasteiger partial charge on any atom is 0.316 e. The largest absolute Gasteiger partial charge is 0.426 e. The Morgan fingerprint density at radius 3 is 2.18 bits per heavy atom. The summed E-state index contributed by atoms with van der Waals surface area (Å²) in [5, 5.41) is 0.557. The van der Waals surface area contributed by atoms with Crippen LogP contribution in [-0.4, -0.2) is 30.2 Å². The number of ether oxygens (including phenoxy) is 1. The highest BCUT2D eigenvalue weighted by molar-refractivity contribution is 6.31. The molecule has 0 radical (unpaired) electrons. The molecule has 2 aromatic carbocycles. The van der Waals surface area contributed by atoms with Gasteiger partial charge in [0.2, 0.25) is 17.7 Å². The fourth-order valence-corrected chi connectivity index (χ4v) is 4.96. The fraction of sp³-hybridized carbons (Fsp3) is 0.308. The van der Waals surface area contributed by atoms with E-state index < -0.39 is 11.9 Å². The second kappa shape index (κ2) is 8.72. The van der Waals surface area contributed by atoms with Crippen LogP contribution in [0.2, 0.25) is 5.02 Å². The molecular weight excluding hydrogens is 456 g/mol. The average molecular weight is 479 g/mol. The maximum absolute atomic E-state index is 12.7. The van der Waals surface area contributed by atoms with Gasteiger partial charge in [-0.15, -0.1) is 0 Å². The van der Waals surface area contributed by atoms with Gasteiger partial charge in [-0.05, 0) is 61.7 Å². The molecule has 0 N–H and O–H groups in total. The summed E-state index contributed by atoms with van der Waals surface area (Å²) < 4.78 is 5.50. The number of rotatable bonds is 4. The van der Waals surface area contributed by atoms with Crippen molar-refractivity contribution in [3.05, 3.63) is 65.2 Å². The van der Waals surface area contributed by atoms with E-state index in [2.05, 4.69) is 0 Å². The van der Waals surface area contributed by atoms with Crippen molar-refractivity contribution in [1.82, 2.24) is 0 Å². The zero-order chi connectivity index (χ0) is 24.0. The van der Waals surface area contributed by atoms with Gasteiger partial charge in [0.1, 0.15) is 5.75 Å². The summed E-state index contributed by atoms with van der Waals surface area (Å²) in [6.07, 6.45) is 5.10. The maximum atomic E-state index is 12.7. The van der Waals surface area contributed by atoms with Gasteiger partial charge in [-0.2, -0.15) is 0 Å². The van der Waals surface area contributed by atoms with E-state index in [1.165, 1.54) is 4.90 Å². The lowest BCUT2D eigenvalue weighted by Crippen LogP contribution is -2.30. The monoisotopic (exact) mass is 478 g/mol. The van der Waals surface area contributed by atoms with Crippen LogP contribution in [-0.2, 0) is 19.2 Å². The van der Waals surface area contributed by atoms with Crippen LogP contribution in [0.5, 0.6) is 5.75 Å².